The molecule has 0 saturated carbocycles. The molecule has 0 aliphatic rings. The van der Waals surface area contributed by atoms with Gasteiger partial charge in [-0.15, -0.1) is 11.6 Å². The van der Waals surface area contributed by atoms with Gasteiger partial charge in [0.15, 0.2) is 0 Å². The van der Waals surface area contributed by atoms with Gasteiger partial charge >= 0.3 is 0 Å². The maximum Gasteiger partial charge on any atom is 0.0387 e. The third-order valence-electron chi connectivity index (χ3n) is 2.39. The average molecular weight is 191 g/mol. The van der Waals surface area contributed by atoms with Gasteiger partial charge in [0.25, 0.3) is 0 Å². The van der Waals surface area contributed by atoms with E-state index in [4.69, 9.17) is 11.6 Å². The Morgan fingerprint density at radius 2 is 1.58 bits per heavy atom. The van der Waals surface area contributed by atoms with Crippen LogP contribution in [-0.2, 0) is 0 Å². The van der Waals surface area contributed by atoms with Gasteiger partial charge in [0.2, 0.25) is 0 Å². The third kappa shape index (κ3) is 4.35. The zero-order chi connectivity index (χ0) is 9.72. The fourth-order valence-electron chi connectivity index (χ4n) is 1.67. The molecule has 0 aromatic carbocycles. The highest BCUT2D eigenvalue weighted by atomic mass is 35.5. The minimum absolute atomic E-state index is 0.359. The van der Waals surface area contributed by atoms with Crippen molar-refractivity contribution in [3.63, 3.8) is 0 Å². The lowest BCUT2D eigenvalue weighted by Gasteiger charge is -2.25. The first kappa shape index (κ1) is 12.3. The summed E-state index contributed by atoms with van der Waals surface area (Å²) in [4.78, 5) is 0. The molecular formula is C11H23Cl. The largest absolute Gasteiger partial charge is 0.122 e. The number of alkyl halides is 1. The second-order valence-electron chi connectivity index (χ2n) is 4.49. The van der Waals surface area contributed by atoms with Crippen molar-refractivity contribution < 1.29 is 0 Å². The quantitative estimate of drug-likeness (QED) is 0.567. The predicted molar refractivity (Wildman–Crippen MR) is 57.7 cm³/mol. The van der Waals surface area contributed by atoms with Crippen molar-refractivity contribution >= 4 is 11.6 Å². The molecule has 0 radical (unpaired) electrons. The Bertz CT molecular complexity index is 108. The predicted octanol–water partition coefficient (Wildman–Crippen LogP) is 4.32. The molecular weight excluding hydrogens is 168 g/mol. The van der Waals surface area contributed by atoms with E-state index in [0.29, 0.717) is 17.2 Å². The summed E-state index contributed by atoms with van der Waals surface area (Å²) < 4.78 is 0. The molecule has 12 heavy (non-hydrogen) atoms. The van der Waals surface area contributed by atoms with E-state index in [1.54, 1.807) is 0 Å². The zero-order valence-electron chi connectivity index (χ0n) is 9.10. The van der Waals surface area contributed by atoms with Gasteiger partial charge in [-0.05, 0) is 24.2 Å². The molecule has 0 aliphatic carbocycles. The smallest absolute Gasteiger partial charge is 0.0387 e. The third-order valence-corrected chi connectivity index (χ3v) is 3.25. The van der Waals surface area contributed by atoms with Crippen molar-refractivity contribution in [2.24, 2.45) is 17.8 Å². The van der Waals surface area contributed by atoms with Gasteiger partial charge in [0.05, 0.1) is 0 Å². The Balaban J connectivity index is 3.96. The molecule has 0 aromatic heterocycles. The maximum absolute atomic E-state index is 6.33. The molecule has 0 aliphatic heterocycles. The Kier molecular flexibility index (Phi) is 6.00. The summed E-state index contributed by atoms with van der Waals surface area (Å²) in [7, 11) is 0. The lowest BCUT2D eigenvalue weighted by molar-refractivity contribution is 0.342. The molecule has 0 nitrogen and oxygen atoms in total. The van der Waals surface area contributed by atoms with E-state index in [2.05, 4.69) is 34.6 Å². The van der Waals surface area contributed by atoms with Crippen molar-refractivity contribution in [1.29, 1.82) is 0 Å². The first-order valence-corrected chi connectivity index (χ1v) is 5.56. The second kappa shape index (κ2) is 5.85. The van der Waals surface area contributed by atoms with Crippen LogP contribution in [0.1, 0.15) is 47.5 Å². The molecule has 0 bridgehead atoms. The normalized spacial score (nSPS) is 17.0. The van der Waals surface area contributed by atoms with E-state index >= 15 is 0 Å². The summed E-state index contributed by atoms with van der Waals surface area (Å²) in [6.45, 7) is 11.2. The molecule has 0 spiro atoms. The van der Waals surface area contributed by atoms with Gasteiger partial charge in [-0.25, -0.2) is 0 Å². The van der Waals surface area contributed by atoms with Crippen molar-refractivity contribution in [1.82, 2.24) is 0 Å². The highest BCUT2D eigenvalue weighted by Gasteiger charge is 2.21. The highest BCUT2D eigenvalue weighted by Crippen LogP contribution is 2.27. The van der Waals surface area contributed by atoms with E-state index in [-0.39, 0.29) is 0 Å². The highest BCUT2D eigenvalue weighted by molar-refractivity contribution is 6.20. The minimum atomic E-state index is 0.359. The summed E-state index contributed by atoms with van der Waals surface area (Å²) in [5.74, 6) is 2.08. The van der Waals surface area contributed by atoms with Crippen LogP contribution in [0.3, 0.4) is 0 Å². The fraction of sp³-hybridized carbons (Fsp3) is 1.00. The molecule has 0 rings (SSSR count). The number of hydrogen-bond donors (Lipinski definition) is 0. The Hall–Kier alpha value is 0.290. The molecule has 2 unspecified atom stereocenters. The number of halogens is 1. The van der Waals surface area contributed by atoms with Crippen LogP contribution in [0.15, 0.2) is 0 Å². The Morgan fingerprint density at radius 1 is 1.08 bits per heavy atom. The molecule has 0 amide bonds. The summed E-state index contributed by atoms with van der Waals surface area (Å²) in [6, 6.07) is 0. The van der Waals surface area contributed by atoms with Crippen LogP contribution in [-0.4, -0.2) is 5.38 Å². The number of rotatable bonds is 5. The summed E-state index contributed by atoms with van der Waals surface area (Å²) in [5.41, 5.74) is 0. The Morgan fingerprint density at radius 3 is 1.83 bits per heavy atom. The van der Waals surface area contributed by atoms with E-state index in [1.807, 2.05) is 0 Å². The van der Waals surface area contributed by atoms with E-state index < -0.39 is 0 Å². The van der Waals surface area contributed by atoms with Crippen LogP contribution in [0, 0.1) is 17.8 Å². The van der Waals surface area contributed by atoms with Crippen LogP contribution in [0.25, 0.3) is 0 Å². The Labute approximate surface area is 82.7 Å². The average Bonchev–Trinajstić information content (AvgIpc) is 1.98. The van der Waals surface area contributed by atoms with Crippen molar-refractivity contribution in [3.05, 3.63) is 0 Å². The van der Waals surface area contributed by atoms with Crippen molar-refractivity contribution in [2.75, 3.05) is 0 Å². The zero-order valence-corrected chi connectivity index (χ0v) is 9.86. The van der Waals surface area contributed by atoms with Crippen molar-refractivity contribution in [3.8, 4) is 0 Å². The first-order chi connectivity index (χ1) is 5.49. The van der Waals surface area contributed by atoms with E-state index in [0.717, 1.165) is 5.92 Å². The molecule has 2 atom stereocenters. The van der Waals surface area contributed by atoms with Crippen LogP contribution >= 0.6 is 11.6 Å². The van der Waals surface area contributed by atoms with Crippen LogP contribution in [0.2, 0.25) is 0 Å². The molecule has 0 saturated heterocycles. The molecule has 0 aromatic rings. The van der Waals surface area contributed by atoms with Gasteiger partial charge in [-0.3, -0.25) is 0 Å². The monoisotopic (exact) mass is 190 g/mol. The van der Waals surface area contributed by atoms with Gasteiger partial charge < -0.3 is 0 Å². The van der Waals surface area contributed by atoms with Crippen LogP contribution in [0.4, 0.5) is 0 Å². The minimum Gasteiger partial charge on any atom is -0.122 e. The van der Waals surface area contributed by atoms with E-state index in [1.165, 1.54) is 12.8 Å². The molecule has 1 heteroatoms. The topological polar surface area (TPSA) is 0 Å². The molecule has 0 fully saturated rings. The first-order valence-electron chi connectivity index (χ1n) is 5.13. The maximum atomic E-state index is 6.33. The van der Waals surface area contributed by atoms with Gasteiger partial charge in [0.1, 0.15) is 0 Å². The van der Waals surface area contributed by atoms with Gasteiger partial charge in [0, 0.05) is 5.38 Å². The summed E-state index contributed by atoms with van der Waals surface area (Å²) in [6.07, 6.45) is 2.48. The van der Waals surface area contributed by atoms with E-state index in [9.17, 15) is 0 Å². The fourth-order valence-corrected chi connectivity index (χ4v) is 1.95. The standard InChI is InChI=1S/C11H23Cl/c1-6-10(7-8(2)3)11(12)9(4)5/h8-11H,6-7H2,1-5H3. The SMILES string of the molecule is CCC(CC(C)C)C(Cl)C(C)C. The summed E-state index contributed by atoms with van der Waals surface area (Å²) in [5, 5.41) is 0.359. The molecule has 0 N–H and O–H groups in total. The lowest BCUT2D eigenvalue weighted by Crippen LogP contribution is -2.21. The lowest BCUT2D eigenvalue weighted by atomic mass is 9.87. The van der Waals surface area contributed by atoms with Crippen molar-refractivity contribution in [2.45, 2.75) is 52.8 Å². The van der Waals surface area contributed by atoms with Crippen LogP contribution in [0.5, 0.6) is 0 Å². The number of hydrogen-bond acceptors (Lipinski definition) is 0. The van der Waals surface area contributed by atoms with Gasteiger partial charge in [-0.2, -0.15) is 0 Å². The van der Waals surface area contributed by atoms with Crippen LogP contribution < -0.4 is 0 Å². The second-order valence-corrected chi connectivity index (χ2v) is 4.99. The molecule has 0 heterocycles. The molecule has 74 valence electrons. The summed E-state index contributed by atoms with van der Waals surface area (Å²) >= 11 is 6.33. The van der Waals surface area contributed by atoms with Gasteiger partial charge in [-0.1, -0.05) is 41.0 Å².